The Morgan fingerprint density at radius 3 is 2.88 bits per heavy atom. The van der Waals surface area contributed by atoms with Crippen molar-refractivity contribution in [1.82, 2.24) is 30.9 Å². The molecule has 8 nitrogen and oxygen atoms in total. The number of rotatable bonds is 6. The minimum Gasteiger partial charge on any atom is -0.359 e. The molecule has 1 amide bonds. The fourth-order valence-corrected chi connectivity index (χ4v) is 3.16. The average Bonchev–Trinajstić information content (AvgIpc) is 3.35. The molecule has 1 aliphatic carbocycles. The molecule has 4 rings (SSSR count). The van der Waals surface area contributed by atoms with Gasteiger partial charge in [0.2, 0.25) is 5.82 Å². The van der Waals surface area contributed by atoms with Crippen molar-refractivity contribution in [3.05, 3.63) is 46.3 Å². The Labute approximate surface area is 151 Å². The van der Waals surface area contributed by atoms with Crippen molar-refractivity contribution < 1.29 is 4.79 Å². The van der Waals surface area contributed by atoms with Gasteiger partial charge in [-0.25, -0.2) is 10.4 Å². The SMILES string of the molecule is Cc1[nH]c(/C=C2/C(=O)NN=C2c2nccnn2)c(C)c1CCNC1CC1. The molecule has 0 aromatic carbocycles. The number of hydrogen-bond acceptors (Lipinski definition) is 6. The van der Waals surface area contributed by atoms with Gasteiger partial charge in [-0.1, -0.05) is 0 Å². The quantitative estimate of drug-likeness (QED) is 0.674. The predicted molar refractivity (Wildman–Crippen MR) is 97.5 cm³/mol. The molecule has 134 valence electrons. The van der Waals surface area contributed by atoms with Crippen molar-refractivity contribution in [3.8, 4) is 0 Å². The van der Waals surface area contributed by atoms with E-state index in [2.05, 4.69) is 49.9 Å². The zero-order chi connectivity index (χ0) is 18.1. The predicted octanol–water partition coefficient (Wildman–Crippen LogP) is 1.03. The largest absolute Gasteiger partial charge is 0.359 e. The first kappa shape index (κ1) is 16.6. The van der Waals surface area contributed by atoms with Gasteiger partial charge in [-0.2, -0.15) is 10.2 Å². The molecule has 1 fully saturated rings. The van der Waals surface area contributed by atoms with Gasteiger partial charge in [0.25, 0.3) is 5.91 Å². The van der Waals surface area contributed by atoms with Crippen LogP contribution in [0.15, 0.2) is 23.1 Å². The van der Waals surface area contributed by atoms with E-state index in [1.165, 1.54) is 30.8 Å². The number of nitrogens with zero attached hydrogens (tertiary/aromatic N) is 4. The molecule has 1 saturated carbocycles. The lowest BCUT2D eigenvalue weighted by atomic mass is 10.0. The second-order valence-corrected chi connectivity index (χ2v) is 6.67. The van der Waals surface area contributed by atoms with E-state index in [-0.39, 0.29) is 5.91 Å². The Balaban J connectivity index is 1.60. The maximum atomic E-state index is 12.2. The molecule has 2 aromatic rings. The summed E-state index contributed by atoms with van der Waals surface area (Å²) in [6.45, 7) is 5.11. The lowest BCUT2D eigenvalue weighted by Gasteiger charge is -2.04. The minimum absolute atomic E-state index is 0.268. The van der Waals surface area contributed by atoms with Crippen molar-refractivity contribution in [2.75, 3.05) is 6.54 Å². The molecular formula is C18H21N7O. The molecule has 0 saturated heterocycles. The Hall–Kier alpha value is -2.87. The van der Waals surface area contributed by atoms with E-state index in [1.807, 2.05) is 6.08 Å². The third-order valence-corrected chi connectivity index (χ3v) is 4.77. The average molecular weight is 351 g/mol. The number of hydrogen-bond donors (Lipinski definition) is 3. The number of nitrogens with one attached hydrogen (secondary N) is 3. The normalized spacial score (nSPS) is 18.3. The van der Waals surface area contributed by atoms with Crippen LogP contribution in [0.2, 0.25) is 0 Å². The summed E-state index contributed by atoms with van der Waals surface area (Å²) >= 11 is 0. The summed E-state index contributed by atoms with van der Waals surface area (Å²) < 4.78 is 0. The van der Waals surface area contributed by atoms with Crippen LogP contribution < -0.4 is 10.7 Å². The molecule has 3 N–H and O–H groups in total. The lowest BCUT2D eigenvalue weighted by Crippen LogP contribution is -2.19. The second kappa shape index (κ2) is 6.80. The Morgan fingerprint density at radius 1 is 1.31 bits per heavy atom. The molecule has 0 unspecified atom stereocenters. The number of aromatic amines is 1. The van der Waals surface area contributed by atoms with Crippen molar-refractivity contribution in [3.63, 3.8) is 0 Å². The van der Waals surface area contributed by atoms with Crippen LogP contribution in [-0.4, -0.2) is 44.4 Å². The zero-order valence-corrected chi connectivity index (χ0v) is 14.8. The topological polar surface area (TPSA) is 108 Å². The molecule has 8 heteroatoms. The number of aryl methyl sites for hydroxylation is 1. The minimum atomic E-state index is -0.268. The summed E-state index contributed by atoms with van der Waals surface area (Å²) in [4.78, 5) is 19.8. The van der Waals surface area contributed by atoms with Gasteiger partial charge >= 0.3 is 0 Å². The third kappa shape index (κ3) is 3.28. The number of amides is 1. The van der Waals surface area contributed by atoms with Crippen molar-refractivity contribution in [2.24, 2.45) is 5.10 Å². The summed E-state index contributed by atoms with van der Waals surface area (Å²) in [6, 6.07) is 0.705. The highest BCUT2D eigenvalue weighted by Gasteiger charge is 2.27. The summed E-state index contributed by atoms with van der Waals surface area (Å²) in [6.07, 6.45) is 8.37. The maximum Gasteiger partial charge on any atom is 0.273 e. The van der Waals surface area contributed by atoms with E-state index in [4.69, 9.17) is 0 Å². The van der Waals surface area contributed by atoms with Gasteiger partial charge in [-0.15, -0.1) is 5.10 Å². The van der Waals surface area contributed by atoms with Crippen LogP contribution in [0.4, 0.5) is 0 Å². The van der Waals surface area contributed by atoms with E-state index < -0.39 is 0 Å². The van der Waals surface area contributed by atoms with Gasteiger partial charge in [-0.3, -0.25) is 4.79 Å². The van der Waals surface area contributed by atoms with Crippen LogP contribution in [0.5, 0.6) is 0 Å². The number of hydrazone groups is 1. The van der Waals surface area contributed by atoms with Gasteiger partial charge in [0.15, 0.2) is 0 Å². The maximum absolute atomic E-state index is 12.2. The zero-order valence-electron chi connectivity index (χ0n) is 14.8. The molecule has 0 bridgehead atoms. The van der Waals surface area contributed by atoms with Crippen LogP contribution >= 0.6 is 0 Å². The second-order valence-electron chi connectivity index (χ2n) is 6.67. The first-order chi connectivity index (χ1) is 12.6. The third-order valence-electron chi connectivity index (χ3n) is 4.77. The standard InChI is InChI=1S/C18H21N7O/c1-10-13(5-6-19-12-3-4-12)11(2)22-15(10)9-14-16(23-25-18(14)26)17-20-7-8-21-24-17/h7-9,12,19,22H,3-6H2,1-2H3,(H,25,26)/b14-9+. The van der Waals surface area contributed by atoms with Gasteiger partial charge in [0.05, 0.1) is 11.8 Å². The fourth-order valence-electron chi connectivity index (χ4n) is 3.16. The van der Waals surface area contributed by atoms with Crippen LogP contribution in [-0.2, 0) is 11.2 Å². The van der Waals surface area contributed by atoms with Crippen LogP contribution in [0.3, 0.4) is 0 Å². The van der Waals surface area contributed by atoms with E-state index in [0.29, 0.717) is 23.2 Å². The van der Waals surface area contributed by atoms with Crippen LogP contribution in [0.1, 0.15) is 41.2 Å². The number of carbonyl (C=O) groups excluding carboxylic acids is 1. The van der Waals surface area contributed by atoms with Crippen molar-refractivity contribution in [1.29, 1.82) is 0 Å². The first-order valence-corrected chi connectivity index (χ1v) is 8.79. The highest BCUT2D eigenvalue weighted by Crippen LogP contribution is 2.23. The first-order valence-electron chi connectivity index (χ1n) is 8.79. The van der Waals surface area contributed by atoms with Gasteiger partial charge in [-0.05, 0) is 56.9 Å². The Morgan fingerprint density at radius 2 is 2.15 bits per heavy atom. The van der Waals surface area contributed by atoms with E-state index in [1.54, 1.807) is 0 Å². The molecule has 1 aliphatic heterocycles. The molecule has 2 aromatic heterocycles. The highest BCUT2D eigenvalue weighted by atomic mass is 16.2. The van der Waals surface area contributed by atoms with Crippen molar-refractivity contribution >= 4 is 17.7 Å². The fraction of sp³-hybridized carbons (Fsp3) is 0.389. The molecule has 26 heavy (non-hydrogen) atoms. The Bertz CT molecular complexity index is 894. The number of carbonyl (C=O) groups is 1. The smallest absolute Gasteiger partial charge is 0.273 e. The van der Waals surface area contributed by atoms with Crippen LogP contribution in [0.25, 0.3) is 6.08 Å². The molecule has 3 heterocycles. The van der Waals surface area contributed by atoms with E-state index >= 15 is 0 Å². The molecule has 0 atom stereocenters. The van der Waals surface area contributed by atoms with E-state index in [9.17, 15) is 4.79 Å². The molecule has 2 aliphatic rings. The summed E-state index contributed by atoms with van der Waals surface area (Å²) in [5.74, 6) is 0.0583. The van der Waals surface area contributed by atoms with Crippen molar-refractivity contribution in [2.45, 2.75) is 39.2 Å². The summed E-state index contributed by atoms with van der Waals surface area (Å²) in [7, 11) is 0. The summed E-state index contributed by atoms with van der Waals surface area (Å²) in [5, 5.41) is 15.4. The number of aromatic nitrogens is 4. The van der Waals surface area contributed by atoms with Gasteiger partial charge in [0.1, 0.15) is 5.71 Å². The highest BCUT2D eigenvalue weighted by molar-refractivity contribution is 6.32. The molecule has 0 spiro atoms. The summed E-state index contributed by atoms with van der Waals surface area (Å²) in [5.41, 5.74) is 7.81. The molecular weight excluding hydrogens is 330 g/mol. The monoisotopic (exact) mass is 351 g/mol. The molecule has 0 radical (unpaired) electrons. The Kier molecular flexibility index (Phi) is 4.34. The number of H-pyrrole nitrogens is 1. The van der Waals surface area contributed by atoms with Gasteiger partial charge < -0.3 is 10.3 Å². The lowest BCUT2D eigenvalue weighted by molar-refractivity contribution is -0.116. The van der Waals surface area contributed by atoms with Gasteiger partial charge in [0, 0.05) is 23.6 Å². The van der Waals surface area contributed by atoms with E-state index in [0.717, 1.165) is 29.9 Å². The van der Waals surface area contributed by atoms with Crippen LogP contribution in [0, 0.1) is 13.8 Å².